The van der Waals surface area contributed by atoms with E-state index in [1.54, 1.807) is 18.0 Å². The highest BCUT2D eigenvalue weighted by Crippen LogP contribution is 2.31. The molecule has 1 N–H and O–H groups in total. The van der Waals surface area contributed by atoms with Gasteiger partial charge in [0.25, 0.3) is 0 Å². The Morgan fingerprint density at radius 3 is 2.79 bits per heavy atom. The Balaban J connectivity index is 1.34. The van der Waals surface area contributed by atoms with Crippen molar-refractivity contribution in [3.8, 4) is 0 Å². The number of aromatic nitrogens is 2. The second-order valence-electron chi connectivity index (χ2n) is 7.05. The monoisotopic (exact) mass is 416 g/mol. The number of thiazole rings is 1. The van der Waals surface area contributed by atoms with Crippen LogP contribution in [0.5, 0.6) is 0 Å². The van der Waals surface area contributed by atoms with Crippen LogP contribution < -0.4 is 5.32 Å². The lowest BCUT2D eigenvalue weighted by atomic mass is 9.97. The summed E-state index contributed by atoms with van der Waals surface area (Å²) in [6.45, 7) is 5.72. The minimum absolute atomic E-state index is 0.0157. The molecule has 0 unspecified atom stereocenters. The van der Waals surface area contributed by atoms with Gasteiger partial charge in [-0.05, 0) is 68.0 Å². The van der Waals surface area contributed by atoms with Gasteiger partial charge in [0.2, 0.25) is 11.9 Å². The summed E-state index contributed by atoms with van der Waals surface area (Å²) in [4.78, 5) is 21.9. The third-order valence-electron chi connectivity index (χ3n) is 4.82. The van der Waals surface area contributed by atoms with E-state index < -0.39 is 5.95 Å². The quantitative estimate of drug-likeness (QED) is 0.489. The molecule has 1 aliphatic rings. The lowest BCUT2D eigenvalue weighted by molar-refractivity contribution is -0.120. The van der Waals surface area contributed by atoms with Gasteiger partial charge < -0.3 is 5.32 Å². The molecule has 1 aliphatic heterocycles. The van der Waals surface area contributed by atoms with Crippen molar-refractivity contribution < 1.29 is 9.18 Å². The summed E-state index contributed by atoms with van der Waals surface area (Å²) in [5.74, 6) is -0.445. The van der Waals surface area contributed by atoms with Gasteiger partial charge in [0.15, 0.2) is 5.13 Å². The molecule has 0 aliphatic carbocycles. The van der Waals surface area contributed by atoms with Crippen LogP contribution in [0, 0.1) is 25.7 Å². The normalized spacial score (nSPS) is 15.8. The number of anilines is 1. The highest BCUT2D eigenvalue weighted by molar-refractivity contribution is 7.97. The van der Waals surface area contributed by atoms with Crippen molar-refractivity contribution in [1.82, 2.24) is 14.3 Å². The van der Waals surface area contributed by atoms with Crippen LogP contribution in [0.2, 0.25) is 0 Å². The first-order valence-electron chi connectivity index (χ1n) is 9.21. The maximum Gasteiger partial charge on any atom is 0.229 e. The molecule has 4 rings (SSSR count). The van der Waals surface area contributed by atoms with Gasteiger partial charge in [-0.25, -0.2) is 14.3 Å². The zero-order valence-electron chi connectivity index (χ0n) is 15.7. The molecule has 0 saturated carbocycles. The summed E-state index contributed by atoms with van der Waals surface area (Å²) in [6, 6.07) is 7.31. The molecule has 3 aromatic rings. The maximum atomic E-state index is 12.9. The molecule has 1 amide bonds. The SMILES string of the molecule is Cc1cc(C)c2nc(NC(=O)C3CCN(Sc4ccc(F)nc4)CC3)sc2c1. The van der Waals surface area contributed by atoms with Gasteiger partial charge in [0.1, 0.15) is 0 Å². The number of rotatable bonds is 4. The van der Waals surface area contributed by atoms with E-state index in [-0.39, 0.29) is 11.8 Å². The molecule has 8 heteroatoms. The molecule has 1 aromatic carbocycles. The zero-order valence-corrected chi connectivity index (χ0v) is 17.4. The fourth-order valence-electron chi connectivity index (χ4n) is 3.41. The number of hydrogen-bond donors (Lipinski definition) is 1. The van der Waals surface area contributed by atoms with Gasteiger partial charge in [-0.2, -0.15) is 4.39 Å². The molecular formula is C20H21FN4OS2. The molecule has 1 fully saturated rings. The Labute approximate surface area is 171 Å². The third-order valence-corrected chi connectivity index (χ3v) is 6.81. The number of carbonyl (C=O) groups is 1. The summed E-state index contributed by atoms with van der Waals surface area (Å²) in [6.07, 6.45) is 3.11. The lowest BCUT2D eigenvalue weighted by Crippen LogP contribution is -2.34. The topological polar surface area (TPSA) is 58.1 Å². The van der Waals surface area contributed by atoms with E-state index in [2.05, 4.69) is 38.6 Å². The number of nitrogens with zero attached hydrogens (tertiary/aromatic N) is 3. The number of nitrogens with one attached hydrogen (secondary N) is 1. The van der Waals surface area contributed by atoms with Crippen molar-refractivity contribution in [2.75, 3.05) is 18.4 Å². The Morgan fingerprint density at radius 2 is 2.07 bits per heavy atom. The number of amides is 1. The van der Waals surface area contributed by atoms with Crippen molar-refractivity contribution in [3.63, 3.8) is 0 Å². The number of carbonyl (C=O) groups excluding carboxylic acids is 1. The molecule has 0 radical (unpaired) electrons. The number of benzene rings is 1. The summed E-state index contributed by atoms with van der Waals surface area (Å²) in [5, 5.41) is 3.68. The number of piperidine rings is 1. The van der Waals surface area contributed by atoms with E-state index in [1.807, 2.05) is 6.92 Å². The summed E-state index contributed by atoms with van der Waals surface area (Å²) in [7, 11) is 0. The van der Waals surface area contributed by atoms with Crippen molar-refractivity contribution in [2.45, 2.75) is 31.6 Å². The van der Waals surface area contributed by atoms with Crippen LogP contribution >= 0.6 is 23.3 Å². The lowest BCUT2D eigenvalue weighted by Gasteiger charge is -2.29. The summed E-state index contributed by atoms with van der Waals surface area (Å²) < 4.78 is 16.2. The fourth-order valence-corrected chi connectivity index (χ4v) is 5.37. The molecule has 1 saturated heterocycles. The van der Waals surface area contributed by atoms with Crippen LogP contribution in [-0.4, -0.2) is 33.3 Å². The Morgan fingerprint density at radius 1 is 1.29 bits per heavy atom. The van der Waals surface area contributed by atoms with E-state index in [4.69, 9.17) is 0 Å². The van der Waals surface area contributed by atoms with E-state index in [9.17, 15) is 9.18 Å². The average Bonchev–Trinajstić information content (AvgIpc) is 3.07. The molecule has 2 aromatic heterocycles. The molecule has 28 heavy (non-hydrogen) atoms. The average molecular weight is 417 g/mol. The minimum atomic E-state index is -0.472. The largest absolute Gasteiger partial charge is 0.302 e. The smallest absolute Gasteiger partial charge is 0.229 e. The van der Waals surface area contributed by atoms with Crippen molar-refractivity contribution in [1.29, 1.82) is 0 Å². The van der Waals surface area contributed by atoms with Crippen LogP contribution in [0.25, 0.3) is 10.2 Å². The van der Waals surface area contributed by atoms with Crippen molar-refractivity contribution in [3.05, 3.63) is 47.5 Å². The molecule has 5 nitrogen and oxygen atoms in total. The highest BCUT2D eigenvalue weighted by atomic mass is 32.2. The highest BCUT2D eigenvalue weighted by Gasteiger charge is 2.26. The van der Waals surface area contributed by atoms with Crippen LogP contribution in [-0.2, 0) is 4.79 Å². The maximum absolute atomic E-state index is 12.9. The van der Waals surface area contributed by atoms with Crippen LogP contribution in [0.3, 0.4) is 0 Å². The number of hydrogen-bond acceptors (Lipinski definition) is 6. The number of fused-ring (bicyclic) bond motifs is 1. The van der Waals surface area contributed by atoms with Gasteiger partial charge in [-0.3, -0.25) is 4.79 Å². The number of halogens is 1. The molecule has 146 valence electrons. The van der Waals surface area contributed by atoms with Crippen LogP contribution in [0.15, 0.2) is 35.4 Å². The van der Waals surface area contributed by atoms with Gasteiger partial charge in [-0.15, -0.1) is 0 Å². The molecule has 3 heterocycles. The first-order valence-corrected chi connectivity index (χ1v) is 10.8. The number of pyridine rings is 1. The standard InChI is InChI=1S/C20H21FN4OS2/c1-12-9-13(2)18-16(10-12)27-20(23-18)24-19(26)14-5-7-25(8-6-14)28-15-3-4-17(21)22-11-15/h3-4,9-11,14H,5-8H2,1-2H3,(H,23,24,26). The second kappa shape index (κ2) is 8.14. The first kappa shape index (κ1) is 19.3. The summed E-state index contributed by atoms with van der Waals surface area (Å²) >= 11 is 3.09. The van der Waals surface area contributed by atoms with E-state index >= 15 is 0 Å². The van der Waals surface area contributed by atoms with Gasteiger partial charge in [-0.1, -0.05) is 17.4 Å². The molecular weight excluding hydrogens is 395 g/mol. The predicted molar refractivity (Wildman–Crippen MR) is 112 cm³/mol. The Hall–Kier alpha value is -2.03. The van der Waals surface area contributed by atoms with E-state index in [0.29, 0.717) is 5.13 Å². The van der Waals surface area contributed by atoms with E-state index in [0.717, 1.165) is 46.6 Å². The van der Waals surface area contributed by atoms with Gasteiger partial charge in [0.05, 0.1) is 10.2 Å². The predicted octanol–water partition coefficient (Wildman–Crippen LogP) is 4.81. The van der Waals surface area contributed by atoms with Gasteiger partial charge in [0, 0.05) is 30.1 Å². The molecule has 0 atom stereocenters. The van der Waals surface area contributed by atoms with E-state index in [1.165, 1.54) is 29.2 Å². The molecule has 0 bridgehead atoms. The first-order chi connectivity index (χ1) is 13.5. The second-order valence-corrected chi connectivity index (χ2v) is 9.25. The fraction of sp³-hybridized carbons (Fsp3) is 0.350. The Bertz CT molecular complexity index is 997. The zero-order chi connectivity index (χ0) is 19.7. The van der Waals surface area contributed by atoms with Crippen molar-refractivity contribution >= 4 is 44.5 Å². The summed E-state index contributed by atoms with van der Waals surface area (Å²) in [5.41, 5.74) is 3.30. The minimum Gasteiger partial charge on any atom is -0.302 e. The van der Waals surface area contributed by atoms with Crippen LogP contribution in [0.1, 0.15) is 24.0 Å². The Kier molecular flexibility index (Phi) is 5.61. The van der Waals surface area contributed by atoms with Gasteiger partial charge >= 0.3 is 0 Å². The van der Waals surface area contributed by atoms with Crippen molar-refractivity contribution in [2.24, 2.45) is 5.92 Å². The van der Waals surface area contributed by atoms with Crippen LogP contribution in [0.4, 0.5) is 9.52 Å². The third kappa shape index (κ3) is 4.34. The molecule has 0 spiro atoms. The number of aryl methyl sites for hydroxylation is 2.